The third-order valence-corrected chi connectivity index (χ3v) is 6.28. The van der Waals surface area contributed by atoms with E-state index in [0.29, 0.717) is 23.2 Å². The molecule has 3 nitrogen and oxygen atoms in total. The van der Waals surface area contributed by atoms with Gasteiger partial charge in [0.15, 0.2) is 0 Å². The molecule has 2 unspecified atom stereocenters. The van der Waals surface area contributed by atoms with Crippen molar-refractivity contribution in [3.05, 3.63) is 29.8 Å². The third kappa shape index (κ3) is 1.96. The van der Waals surface area contributed by atoms with Gasteiger partial charge in [0.05, 0.1) is 4.90 Å². The number of hydrogen-bond acceptors (Lipinski definition) is 2. The van der Waals surface area contributed by atoms with Crippen molar-refractivity contribution in [1.29, 1.82) is 0 Å². The topological polar surface area (TPSA) is 37.4 Å². The molecule has 1 aromatic rings. The van der Waals surface area contributed by atoms with Gasteiger partial charge in [0.1, 0.15) is 0 Å². The number of rotatable bonds is 3. The zero-order valence-corrected chi connectivity index (χ0v) is 11.6. The second-order valence-electron chi connectivity index (χ2n) is 5.19. The molecular formula is C13H16ClNO2S. The zero-order chi connectivity index (χ0) is 12.8. The minimum Gasteiger partial charge on any atom is -0.207 e. The first-order valence-corrected chi connectivity index (χ1v) is 8.25. The summed E-state index contributed by atoms with van der Waals surface area (Å²) >= 11 is 5.71. The van der Waals surface area contributed by atoms with Crippen molar-refractivity contribution in [2.45, 2.75) is 36.1 Å². The first kappa shape index (κ1) is 12.5. The number of halogens is 1. The quantitative estimate of drug-likeness (QED) is 0.801. The van der Waals surface area contributed by atoms with E-state index in [1.54, 1.807) is 28.6 Å². The summed E-state index contributed by atoms with van der Waals surface area (Å²) in [5.74, 6) is 0.987. The molecule has 1 aliphatic heterocycles. The Balaban J connectivity index is 1.89. The molecule has 2 aliphatic rings. The molecule has 0 radical (unpaired) electrons. The molecule has 2 bridgehead atoms. The van der Waals surface area contributed by atoms with Gasteiger partial charge in [-0.25, -0.2) is 8.42 Å². The average molecular weight is 286 g/mol. The molecule has 18 heavy (non-hydrogen) atoms. The summed E-state index contributed by atoms with van der Waals surface area (Å²) in [6.45, 7) is 0.699. The molecule has 0 amide bonds. The molecule has 0 aromatic heterocycles. The molecular weight excluding hydrogens is 270 g/mol. The Morgan fingerprint density at radius 3 is 2.44 bits per heavy atom. The van der Waals surface area contributed by atoms with Gasteiger partial charge < -0.3 is 0 Å². The number of benzene rings is 1. The Hall–Kier alpha value is -0.580. The lowest BCUT2D eigenvalue weighted by Gasteiger charge is -2.26. The highest BCUT2D eigenvalue weighted by Crippen LogP contribution is 2.40. The molecule has 3 rings (SSSR count). The van der Waals surface area contributed by atoms with E-state index in [0.717, 1.165) is 18.4 Å². The van der Waals surface area contributed by atoms with E-state index in [4.69, 9.17) is 11.6 Å². The molecule has 2 fully saturated rings. The fourth-order valence-corrected chi connectivity index (χ4v) is 4.98. The van der Waals surface area contributed by atoms with Crippen molar-refractivity contribution in [2.75, 3.05) is 6.54 Å². The summed E-state index contributed by atoms with van der Waals surface area (Å²) in [5, 5.41) is 0. The zero-order valence-electron chi connectivity index (χ0n) is 10.0. The lowest BCUT2D eigenvalue weighted by atomic mass is 10.1. The van der Waals surface area contributed by atoms with Crippen LogP contribution in [0, 0.1) is 5.92 Å². The summed E-state index contributed by atoms with van der Waals surface area (Å²) in [4.78, 5) is 0.393. The number of piperidine rings is 1. The number of fused-ring (bicyclic) bond motifs is 2. The van der Waals surface area contributed by atoms with Crippen LogP contribution in [0.2, 0.25) is 0 Å². The number of nitrogens with zero attached hydrogens (tertiary/aromatic N) is 1. The van der Waals surface area contributed by atoms with Gasteiger partial charge >= 0.3 is 0 Å². The largest absolute Gasteiger partial charge is 0.243 e. The summed E-state index contributed by atoms with van der Waals surface area (Å²) in [7, 11) is -3.30. The molecule has 1 heterocycles. The summed E-state index contributed by atoms with van der Waals surface area (Å²) < 4.78 is 26.7. The first-order chi connectivity index (χ1) is 8.61. The van der Waals surface area contributed by atoms with Crippen LogP contribution in [0.5, 0.6) is 0 Å². The Morgan fingerprint density at radius 2 is 1.94 bits per heavy atom. The second-order valence-corrected chi connectivity index (χ2v) is 7.34. The maximum atomic E-state index is 12.5. The minimum absolute atomic E-state index is 0.229. The van der Waals surface area contributed by atoms with Crippen molar-refractivity contribution >= 4 is 21.6 Å². The van der Waals surface area contributed by atoms with Crippen LogP contribution in [0.1, 0.15) is 24.8 Å². The normalized spacial score (nSPS) is 27.8. The van der Waals surface area contributed by atoms with Crippen LogP contribution in [0.25, 0.3) is 0 Å². The second kappa shape index (κ2) is 4.51. The van der Waals surface area contributed by atoms with E-state index in [1.807, 2.05) is 0 Å². The van der Waals surface area contributed by atoms with E-state index in [1.165, 1.54) is 6.42 Å². The van der Waals surface area contributed by atoms with E-state index >= 15 is 0 Å². The fraction of sp³-hybridized carbons (Fsp3) is 0.538. The fourth-order valence-electron chi connectivity index (χ4n) is 3.06. The Morgan fingerprint density at radius 1 is 1.22 bits per heavy atom. The molecule has 0 N–H and O–H groups in total. The minimum atomic E-state index is -3.30. The predicted molar refractivity (Wildman–Crippen MR) is 71.0 cm³/mol. The summed E-state index contributed by atoms with van der Waals surface area (Å²) in [6, 6.07) is 7.13. The lowest BCUT2D eigenvalue weighted by molar-refractivity contribution is 0.333. The van der Waals surface area contributed by atoms with Gasteiger partial charge in [-0.05, 0) is 42.9 Å². The van der Waals surface area contributed by atoms with Crippen LogP contribution in [-0.4, -0.2) is 25.3 Å². The van der Waals surface area contributed by atoms with Gasteiger partial charge in [0.2, 0.25) is 10.0 Å². The summed E-state index contributed by atoms with van der Waals surface area (Å²) in [5.41, 5.74) is 0.943. The van der Waals surface area contributed by atoms with Crippen LogP contribution in [-0.2, 0) is 15.9 Å². The molecule has 1 aromatic carbocycles. The monoisotopic (exact) mass is 285 g/mol. The van der Waals surface area contributed by atoms with E-state index in [9.17, 15) is 8.42 Å². The average Bonchev–Trinajstić information content (AvgIpc) is 3.01. The van der Waals surface area contributed by atoms with Crippen molar-refractivity contribution in [2.24, 2.45) is 5.92 Å². The standard InChI is InChI=1S/C13H16ClNO2S/c14-8-10-2-5-13(6-3-10)18(16,17)15-9-11-1-4-12(15)7-11/h2-3,5-6,11-12H,1,4,7-9H2. The maximum absolute atomic E-state index is 12.5. The highest BCUT2D eigenvalue weighted by atomic mass is 35.5. The van der Waals surface area contributed by atoms with Gasteiger partial charge in [0.25, 0.3) is 0 Å². The molecule has 98 valence electrons. The van der Waals surface area contributed by atoms with Gasteiger partial charge in [0, 0.05) is 18.5 Å². The SMILES string of the molecule is O=S(=O)(c1ccc(CCl)cc1)N1CC2CCC1C2. The Bertz CT molecular complexity index is 541. The maximum Gasteiger partial charge on any atom is 0.243 e. The number of hydrogen-bond donors (Lipinski definition) is 0. The van der Waals surface area contributed by atoms with Crippen molar-refractivity contribution in [3.63, 3.8) is 0 Å². The third-order valence-electron chi connectivity index (χ3n) is 4.04. The highest BCUT2D eigenvalue weighted by molar-refractivity contribution is 7.89. The van der Waals surface area contributed by atoms with Crippen LogP contribution in [0.4, 0.5) is 0 Å². The van der Waals surface area contributed by atoms with Crippen molar-refractivity contribution < 1.29 is 8.42 Å². The molecule has 1 saturated carbocycles. The van der Waals surface area contributed by atoms with E-state index < -0.39 is 10.0 Å². The Labute approximate surface area is 113 Å². The lowest BCUT2D eigenvalue weighted by Crippen LogP contribution is -2.37. The molecule has 2 atom stereocenters. The van der Waals surface area contributed by atoms with Gasteiger partial charge in [-0.15, -0.1) is 11.6 Å². The van der Waals surface area contributed by atoms with Gasteiger partial charge in [-0.3, -0.25) is 0 Å². The van der Waals surface area contributed by atoms with Crippen LogP contribution in [0.15, 0.2) is 29.2 Å². The van der Waals surface area contributed by atoms with Crippen LogP contribution in [0.3, 0.4) is 0 Å². The summed E-state index contributed by atoms with van der Waals surface area (Å²) in [6.07, 6.45) is 3.24. The van der Waals surface area contributed by atoms with Crippen LogP contribution >= 0.6 is 11.6 Å². The predicted octanol–water partition coefficient (Wildman–Crippen LogP) is 2.60. The first-order valence-electron chi connectivity index (χ1n) is 6.28. The van der Waals surface area contributed by atoms with Crippen molar-refractivity contribution in [1.82, 2.24) is 4.31 Å². The molecule has 1 saturated heterocycles. The smallest absolute Gasteiger partial charge is 0.207 e. The van der Waals surface area contributed by atoms with E-state index in [-0.39, 0.29) is 6.04 Å². The highest BCUT2D eigenvalue weighted by Gasteiger charge is 2.44. The number of sulfonamides is 1. The Kier molecular flexibility index (Phi) is 3.12. The van der Waals surface area contributed by atoms with Gasteiger partial charge in [-0.1, -0.05) is 12.1 Å². The number of alkyl halides is 1. The van der Waals surface area contributed by atoms with Crippen LogP contribution < -0.4 is 0 Å². The van der Waals surface area contributed by atoms with E-state index in [2.05, 4.69) is 0 Å². The molecule has 0 spiro atoms. The van der Waals surface area contributed by atoms with Crippen molar-refractivity contribution in [3.8, 4) is 0 Å². The molecule has 1 aliphatic carbocycles. The van der Waals surface area contributed by atoms with Gasteiger partial charge in [-0.2, -0.15) is 4.31 Å². The molecule has 5 heteroatoms.